The number of nitrogens with zero attached hydrogens (tertiary/aromatic N) is 6. The average molecular weight is 431 g/mol. The fourth-order valence-corrected chi connectivity index (χ4v) is 4.29. The van der Waals surface area contributed by atoms with Crippen molar-refractivity contribution in [3.05, 3.63) is 71.7 Å². The third-order valence-corrected chi connectivity index (χ3v) is 5.89. The molecule has 5 rings (SSSR count). The summed E-state index contributed by atoms with van der Waals surface area (Å²) >= 11 is 1.47. The molecule has 0 radical (unpaired) electrons. The van der Waals surface area contributed by atoms with Crippen LogP contribution in [0.2, 0.25) is 0 Å². The lowest BCUT2D eigenvalue weighted by molar-refractivity contribution is 0.939. The molecule has 5 heterocycles. The normalized spacial score (nSPS) is 14.2. The summed E-state index contributed by atoms with van der Waals surface area (Å²) in [6.45, 7) is 1.98. The minimum Gasteiger partial charge on any atom is -0.331 e. The van der Waals surface area contributed by atoms with Gasteiger partial charge in [0.1, 0.15) is 0 Å². The van der Waals surface area contributed by atoms with E-state index in [2.05, 4.69) is 42.6 Å². The zero-order valence-corrected chi connectivity index (χ0v) is 17.9. The Labute approximate surface area is 184 Å². The quantitative estimate of drug-likeness (QED) is 0.434. The molecule has 0 unspecified atom stereocenters. The van der Waals surface area contributed by atoms with Crippen LogP contribution >= 0.6 is 11.9 Å². The molecule has 0 saturated heterocycles. The molecular weight excluding hydrogens is 408 g/mol. The van der Waals surface area contributed by atoms with E-state index in [4.69, 9.17) is 4.40 Å². The van der Waals surface area contributed by atoms with Crippen molar-refractivity contribution in [1.29, 1.82) is 0 Å². The summed E-state index contributed by atoms with van der Waals surface area (Å²) in [6.07, 6.45) is 15.2. The number of anilines is 1. The van der Waals surface area contributed by atoms with Crippen molar-refractivity contribution in [3.63, 3.8) is 0 Å². The lowest BCUT2D eigenvalue weighted by atomic mass is 10.1. The predicted octanol–water partition coefficient (Wildman–Crippen LogP) is 4.59. The number of H-pyrrole nitrogens is 1. The highest BCUT2D eigenvalue weighted by atomic mass is 32.2. The van der Waals surface area contributed by atoms with Crippen molar-refractivity contribution in [2.24, 2.45) is 4.40 Å². The van der Waals surface area contributed by atoms with Crippen molar-refractivity contribution >= 4 is 29.1 Å². The smallest absolute Gasteiger partial charge is 0.180 e. The van der Waals surface area contributed by atoms with Crippen molar-refractivity contribution in [2.45, 2.75) is 32.6 Å². The molecule has 0 aliphatic carbocycles. The highest BCUT2D eigenvalue weighted by Crippen LogP contribution is 2.28. The number of nitrogens with one attached hydrogen (secondary N) is 2. The second-order valence-corrected chi connectivity index (χ2v) is 8.16. The molecule has 1 aliphatic heterocycles. The van der Waals surface area contributed by atoms with E-state index in [1.54, 1.807) is 6.20 Å². The number of hydrogen-bond donors (Lipinski definition) is 2. The second kappa shape index (κ2) is 8.73. The van der Waals surface area contributed by atoms with Crippen molar-refractivity contribution in [3.8, 4) is 11.3 Å². The number of fused-ring (bicyclic) bond motifs is 1. The molecule has 0 aromatic carbocycles. The molecule has 8 nitrogen and oxygen atoms in total. The van der Waals surface area contributed by atoms with E-state index in [1.807, 2.05) is 48.2 Å². The Morgan fingerprint density at radius 2 is 2.16 bits per heavy atom. The molecule has 0 fully saturated rings. The summed E-state index contributed by atoms with van der Waals surface area (Å²) in [5.74, 6) is 0.723. The molecule has 0 amide bonds. The van der Waals surface area contributed by atoms with Gasteiger partial charge >= 0.3 is 0 Å². The number of aromatic amines is 1. The zero-order valence-electron chi connectivity index (χ0n) is 17.1. The zero-order chi connectivity index (χ0) is 21.0. The summed E-state index contributed by atoms with van der Waals surface area (Å²) in [5.41, 5.74) is 5.92. The van der Waals surface area contributed by atoms with E-state index in [0.29, 0.717) is 0 Å². The highest BCUT2D eigenvalue weighted by Gasteiger charge is 2.15. The molecule has 4 aromatic rings. The largest absolute Gasteiger partial charge is 0.331 e. The lowest BCUT2D eigenvalue weighted by Gasteiger charge is -2.10. The second-order valence-electron chi connectivity index (χ2n) is 7.36. The van der Waals surface area contributed by atoms with Crippen LogP contribution in [-0.2, 0) is 6.42 Å². The first-order valence-corrected chi connectivity index (χ1v) is 11.0. The third kappa shape index (κ3) is 4.36. The Morgan fingerprint density at radius 1 is 1.19 bits per heavy atom. The number of hydrogen-bond acceptors (Lipinski definition) is 7. The van der Waals surface area contributed by atoms with E-state index in [0.717, 1.165) is 64.8 Å². The van der Waals surface area contributed by atoms with Crippen molar-refractivity contribution in [2.75, 3.05) is 5.32 Å². The van der Waals surface area contributed by atoms with E-state index in [9.17, 15) is 0 Å². The topological polar surface area (TPSA) is 96.2 Å². The first kappa shape index (κ1) is 19.5. The van der Waals surface area contributed by atoms with Crippen LogP contribution in [-0.4, -0.2) is 35.3 Å². The van der Waals surface area contributed by atoms with Gasteiger partial charge in [0.15, 0.2) is 11.5 Å². The monoisotopic (exact) mass is 430 g/mol. The maximum Gasteiger partial charge on any atom is 0.180 e. The van der Waals surface area contributed by atoms with Gasteiger partial charge < -0.3 is 5.32 Å². The standard InChI is InChI=1S/C22H22N8S/c1-15-14-30-19(16-11-25-26-12-16)13-24-22(30)21(27-15)28-20-7-4-6-18(29-31-20)9-8-17-5-2-3-10-23-17/h2-3,5,7,10-14H,4,6,8-9H2,1H3,(H,25,26)(H,27,28). The van der Waals surface area contributed by atoms with Crippen LogP contribution in [0, 0.1) is 6.92 Å². The molecule has 0 atom stereocenters. The molecule has 1 aliphatic rings. The minimum atomic E-state index is 0.723. The Hall–Kier alpha value is -3.46. The number of imidazole rings is 1. The van der Waals surface area contributed by atoms with Gasteiger partial charge in [0.2, 0.25) is 0 Å². The summed E-state index contributed by atoms with van der Waals surface area (Å²) in [4.78, 5) is 13.7. The first-order valence-electron chi connectivity index (χ1n) is 10.2. The molecule has 4 aromatic heterocycles. The van der Waals surface area contributed by atoms with Crippen LogP contribution in [0.25, 0.3) is 16.9 Å². The van der Waals surface area contributed by atoms with E-state index in [1.165, 1.54) is 17.7 Å². The van der Waals surface area contributed by atoms with Crippen molar-refractivity contribution < 1.29 is 0 Å². The first-order chi connectivity index (χ1) is 15.3. The van der Waals surface area contributed by atoms with Gasteiger partial charge in [0.05, 0.1) is 28.8 Å². The van der Waals surface area contributed by atoms with E-state index in [-0.39, 0.29) is 0 Å². The van der Waals surface area contributed by atoms with Crippen LogP contribution < -0.4 is 5.32 Å². The average Bonchev–Trinajstić information content (AvgIpc) is 3.40. The Kier molecular flexibility index (Phi) is 5.49. The molecule has 2 N–H and O–H groups in total. The Morgan fingerprint density at radius 3 is 3.00 bits per heavy atom. The van der Waals surface area contributed by atoms with Crippen LogP contribution in [0.3, 0.4) is 0 Å². The molecular formula is C22H22N8S. The maximum absolute atomic E-state index is 4.77. The number of pyridine rings is 1. The number of aromatic nitrogens is 6. The highest BCUT2D eigenvalue weighted by molar-refractivity contribution is 8.02. The predicted molar refractivity (Wildman–Crippen MR) is 124 cm³/mol. The van der Waals surface area contributed by atoms with Crippen LogP contribution in [0.4, 0.5) is 5.82 Å². The summed E-state index contributed by atoms with van der Waals surface area (Å²) < 4.78 is 6.81. The van der Waals surface area contributed by atoms with Gasteiger partial charge in [-0.2, -0.15) is 5.10 Å². The van der Waals surface area contributed by atoms with Gasteiger partial charge in [-0.05, 0) is 44.7 Å². The van der Waals surface area contributed by atoms with Gasteiger partial charge in [-0.15, -0.1) is 0 Å². The Bertz CT molecular complexity index is 1240. The van der Waals surface area contributed by atoms with Gasteiger partial charge in [-0.25, -0.2) is 14.4 Å². The fraction of sp³-hybridized carbons (Fsp3) is 0.227. The molecule has 9 heteroatoms. The molecule has 156 valence electrons. The minimum absolute atomic E-state index is 0.723. The number of allylic oxidation sites excluding steroid dienone is 1. The lowest BCUT2D eigenvalue weighted by Crippen LogP contribution is -2.03. The van der Waals surface area contributed by atoms with E-state index >= 15 is 0 Å². The number of rotatable bonds is 6. The fourth-order valence-electron chi connectivity index (χ4n) is 3.54. The van der Waals surface area contributed by atoms with E-state index < -0.39 is 0 Å². The van der Waals surface area contributed by atoms with Gasteiger partial charge in [-0.1, -0.05) is 12.1 Å². The van der Waals surface area contributed by atoms with Gasteiger partial charge in [0, 0.05) is 47.5 Å². The molecule has 0 bridgehead atoms. The molecule has 31 heavy (non-hydrogen) atoms. The van der Waals surface area contributed by atoms with Gasteiger partial charge in [0.25, 0.3) is 0 Å². The molecule has 0 saturated carbocycles. The van der Waals surface area contributed by atoms with Crippen LogP contribution in [0.15, 0.2) is 64.7 Å². The SMILES string of the molecule is Cc1cn2c(-c3cn[nH]c3)cnc2c(NC2=CCCC(CCc3ccccn3)=NS2)n1. The third-order valence-electron chi connectivity index (χ3n) is 5.08. The summed E-state index contributed by atoms with van der Waals surface area (Å²) in [5, 5.41) is 11.3. The molecule has 0 spiro atoms. The van der Waals surface area contributed by atoms with Crippen LogP contribution in [0.1, 0.15) is 30.7 Å². The van der Waals surface area contributed by atoms with Crippen LogP contribution in [0.5, 0.6) is 0 Å². The summed E-state index contributed by atoms with van der Waals surface area (Å²) in [6, 6.07) is 6.03. The number of aryl methyl sites for hydroxylation is 2. The van der Waals surface area contributed by atoms with Crippen molar-refractivity contribution in [1.82, 2.24) is 29.5 Å². The maximum atomic E-state index is 4.77. The van der Waals surface area contributed by atoms with Gasteiger partial charge in [-0.3, -0.25) is 14.5 Å². The summed E-state index contributed by atoms with van der Waals surface area (Å²) in [7, 11) is 0. The Balaban J connectivity index is 1.33.